The molecule has 122 valence electrons. The quantitative estimate of drug-likeness (QED) is 0.856. The lowest BCUT2D eigenvalue weighted by molar-refractivity contribution is -0.123. The molecule has 1 aliphatic rings. The van der Waals surface area contributed by atoms with E-state index in [1.165, 1.54) is 18.2 Å². The maximum Gasteiger partial charge on any atom is 0.234 e. The Kier molecular flexibility index (Phi) is 5.99. The molecule has 0 radical (unpaired) electrons. The summed E-state index contributed by atoms with van der Waals surface area (Å²) in [6.07, 6.45) is 0. The molecular formula is C15H21ClFN3O2. The largest absolute Gasteiger partial charge is 0.491 e. The van der Waals surface area contributed by atoms with Gasteiger partial charge < -0.3 is 10.5 Å². The standard InChI is InChI=1S/C15H21ClFN3O2/c1-11(15(18)21)20-6-4-19(5-7-20)8-9-22-14-3-2-12(17)10-13(14)16/h2-3,10-11H,4-9H2,1H3,(H2,18,21). The summed E-state index contributed by atoms with van der Waals surface area (Å²) < 4.78 is 18.5. The number of ether oxygens (including phenoxy) is 1. The van der Waals surface area contributed by atoms with Crippen molar-refractivity contribution in [1.29, 1.82) is 0 Å². The van der Waals surface area contributed by atoms with Crippen molar-refractivity contribution in [3.63, 3.8) is 0 Å². The van der Waals surface area contributed by atoms with E-state index in [1.807, 2.05) is 6.92 Å². The van der Waals surface area contributed by atoms with Gasteiger partial charge in [-0.2, -0.15) is 0 Å². The Labute approximate surface area is 134 Å². The third kappa shape index (κ3) is 4.56. The molecule has 22 heavy (non-hydrogen) atoms. The summed E-state index contributed by atoms with van der Waals surface area (Å²) in [5, 5.41) is 0.278. The van der Waals surface area contributed by atoms with Crippen LogP contribution in [0.15, 0.2) is 18.2 Å². The van der Waals surface area contributed by atoms with Gasteiger partial charge in [-0.25, -0.2) is 4.39 Å². The fourth-order valence-corrected chi connectivity index (χ4v) is 2.65. The van der Waals surface area contributed by atoms with Gasteiger partial charge in [0.15, 0.2) is 0 Å². The van der Waals surface area contributed by atoms with Gasteiger partial charge in [-0.15, -0.1) is 0 Å². The van der Waals surface area contributed by atoms with Gasteiger partial charge in [0.05, 0.1) is 11.1 Å². The van der Waals surface area contributed by atoms with Crippen LogP contribution in [0, 0.1) is 5.82 Å². The molecule has 5 nitrogen and oxygen atoms in total. The molecule has 7 heteroatoms. The second kappa shape index (κ2) is 7.76. The second-order valence-corrected chi connectivity index (χ2v) is 5.79. The lowest BCUT2D eigenvalue weighted by atomic mass is 10.2. The number of piperazine rings is 1. The first kappa shape index (κ1) is 17.0. The molecule has 1 atom stereocenters. The van der Waals surface area contributed by atoms with Gasteiger partial charge in [0.1, 0.15) is 18.2 Å². The Morgan fingerprint density at radius 1 is 1.41 bits per heavy atom. The monoisotopic (exact) mass is 329 g/mol. The molecule has 1 saturated heterocycles. The zero-order chi connectivity index (χ0) is 16.1. The molecule has 0 aromatic heterocycles. The molecule has 1 fully saturated rings. The average molecular weight is 330 g/mol. The summed E-state index contributed by atoms with van der Waals surface area (Å²) in [6, 6.07) is 3.87. The van der Waals surface area contributed by atoms with Gasteiger partial charge in [0.25, 0.3) is 0 Å². The summed E-state index contributed by atoms with van der Waals surface area (Å²) in [4.78, 5) is 15.5. The molecule has 0 bridgehead atoms. The van der Waals surface area contributed by atoms with Gasteiger partial charge in [-0.05, 0) is 25.1 Å². The highest BCUT2D eigenvalue weighted by Crippen LogP contribution is 2.24. The SMILES string of the molecule is CC(C(N)=O)N1CCN(CCOc2ccc(F)cc2Cl)CC1. The molecule has 1 aromatic carbocycles. The van der Waals surface area contributed by atoms with Crippen molar-refractivity contribution in [3.8, 4) is 5.75 Å². The molecule has 0 aliphatic carbocycles. The number of hydrogen-bond donors (Lipinski definition) is 1. The van der Waals surface area contributed by atoms with Crippen LogP contribution in [0.25, 0.3) is 0 Å². The maximum absolute atomic E-state index is 12.9. The fraction of sp³-hybridized carbons (Fsp3) is 0.533. The number of halogens is 2. The first-order valence-electron chi connectivity index (χ1n) is 7.31. The topological polar surface area (TPSA) is 58.8 Å². The number of benzene rings is 1. The molecule has 1 aromatic rings. The van der Waals surface area contributed by atoms with Gasteiger partial charge in [-0.3, -0.25) is 14.6 Å². The summed E-state index contributed by atoms with van der Waals surface area (Å²) in [5.41, 5.74) is 5.32. The van der Waals surface area contributed by atoms with Gasteiger partial charge in [-0.1, -0.05) is 11.6 Å². The van der Waals surface area contributed by atoms with Crippen LogP contribution < -0.4 is 10.5 Å². The van der Waals surface area contributed by atoms with Crippen molar-refractivity contribution in [1.82, 2.24) is 9.80 Å². The Balaban J connectivity index is 1.72. The molecule has 0 saturated carbocycles. The van der Waals surface area contributed by atoms with E-state index in [0.717, 1.165) is 32.7 Å². The summed E-state index contributed by atoms with van der Waals surface area (Å²) >= 11 is 5.91. The minimum absolute atomic E-state index is 0.226. The van der Waals surface area contributed by atoms with Crippen molar-refractivity contribution < 1.29 is 13.9 Å². The van der Waals surface area contributed by atoms with E-state index in [9.17, 15) is 9.18 Å². The molecule has 1 unspecified atom stereocenters. The molecule has 1 heterocycles. The van der Waals surface area contributed by atoms with Crippen molar-refractivity contribution in [2.45, 2.75) is 13.0 Å². The summed E-state index contributed by atoms with van der Waals surface area (Å²) in [5.74, 6) is -0.177. The highest BCUT2D eigenvalue weighted by atomic mass is 35.5. The first-order valence-corrected chi connectivity index (χ1v) is 7.68. The maximum atomic E-state index is 12.9. The minimum atomic E-state index is -0.378. The predicted molar refractivity (Wildman–Crippen MR) is 83.6 cm³/mol. The fourth-order valence-electron chi connectivity index (χ4n) is 2.43. The van der Waals surface area contributed by atoms with Gasteiger partial charge in [0, 0.05) is 32.7 Å². The van der Waals surface area contributed by atoms with Crippen LogP contribution in [-0.4, -0.2) is 61.1 Å². The summed E-state index contributed by atoms with van der Waals surface area (Å²) in [6.45, 7) is 6.40. The van der Waals surface area contributed by atoms with Crippen LogP contribution in [0.2, 0.25) is 5.02 Å². The lowest BCUT2D eigenvalue weighted by Crippen LogP contribution is -2.53. The van der Waals surface area contributed by atoms with Crippen molar-refractivity contribution in [2.75, 3.05) is 39.3 Å². The second-order valence-electron chi connectivity index (χ2n) is 5.38. The van der Waals surface area contributed by atoms with Crippen molar-refractivity contribution >= 4 is 17.5 Å². The smallest absolute Gasteiger partial charge is 0.234 e. The average Bonchev–Trinajstić information content (AvgIpc) is 2.49. The number of nitrogens with two attached hydrogens (primary N) is 1. The highest BCUT2D eigenvalue weighted by Gasteiger charge is 2.23. The lowest BCUT2D eigenvalue weighted by Gasteiger charge is -2.36. The van der Waals surface area contributed by atoms with Crippen LogP contribution in [-0.2, 0) is 4.79 Å². The summed E-state index contributed by atoms with van der Waals surface area (Å²) in [7, 11) is 0. The number of carbonyl (C=O) groups excluding carboxylic acids is 1. The van der Waals surface area contributed by atoms with Crippen LogP contribution in [0.5, 0.6) is 5.75 Å². The number of amides is 1. The van der Waals surface area contributed by atoms with Crippen LogP contribution in [0.4, 0.5) is 4.39 Å². The number of nitrogens with zero attached hydrogens (tertiary/aromatic N) is 2. The molecule has 0 spiro atoms. The Bertz CT molecular complexity index is 522. The highest BCUT2D eigenvalue weighted by molar-refractivity contribution is 6.32. The zero-order valence-corrected chi connectivity index (χ0v) is 13.4. The van der Waals surface area contributed by atoms with Crippen molar-refractivity contribution in [2.24, 2.45) is 5.73 Å². The van der Waals surface area contributed by atoms with Crippen LogP contribution >= 0.6 is 11.6 Å². The van der Waals surface area contributed by atoms with Crippen LogP contribution in [0.3, 0.4) is 0 Å². The third-order valence-electron chi connectivity index (χ3n) is 3.93. The molecule has 2 rings (SSSR count). The van der Waals surface area contributed by atoms with Crippen LogP contribution in [0.1, 0.15) is 6.92 Å². The molecule has 1 aliphatic heterocycles. The Morgan fingerprint density at radius 2 is 2.09 bits per heavy atom. The Hall–Kier alpha value is -1.37. The van der Waals surface area contributed by atoms with Gasteiger partial charge >= 0.3 is 0 Å². The van der Waals surface area contributed by atoms with E-state index in [2.05, 4.69) is 9.80 Å². The van der Waals surface area contributed by atoms with Crippen molar-refractivity contribution in [3.05, 3.63) is 29.0 Å². The van der Waals surface area contributed by atoms with E-state index in [-0.39, 0.29) is 22.8 Å². The molecule has 1 amide bonds. The van der Waals surface area contributed by atoms with Gasteiger partial charge in [0.2, 0.25) is 5.91 Å². The third-order valence-corrected chi connectivity index (χ3v) is 4.22. The minimum Gasteiger partial charge on any atom is -0.491 e. The number of rotatable bonds is 6. The Morgan fingerprint density at radius 3 is 2.68 bits per heavy atom. The normalized spacial score (nSPS) is 18.1. The van der Waals surface area contributed by atoms with E-state index in [0.29, 0.717) is 12.4 Å². The van der Waals surface area contributed by atoms with E-state index in [1.54, 1.807) is 0 Å². The molecular weight excluding hydrogens is 309 g/mol. The molecule has 2 N–H and O–H groups in total. The number of carbonyl (C=O) groups is 1. The number of primary amides is 1. The van der Waals surface area contributed by atoms with E-state index in [4.69, 9.17) is 22.1 Å². The van der Waals surface area contributed by atoms with E-state index >= 15 is 0 Å². The zero-order valence-electron chi connectivity index (χ0n) is 12.6. The number of hydrogen-bond acceptors (Lipinski definition) is 4. The van der Waals surface area contributed by atoms with E-state index < -0.39 is 0 Å². The first-order chi connectivity index (χ1) is 10.5. The predicted octanol–water partition coefficient (Wildman–Crippen LogP) is 1.35.